The lowest BCUT2D eigenvalue weighted by atomic mass is 10.2. The highest BCUT2D eigenvalue weighted by molar-refractivity contribution is 7.98. The van der Waals surface area contributed by atoms with Crippen LogP contribution >= 0.6 is 11.8 Å². The number of carbonyl (C=O) groups excluding carboxylic acids is 2. The minimum Gasteiger partial charge on any atom is -0.495 e. The van der Waals surface area contributed by atoms with Gasteiger partial charge in [0.2, 0.25) is 10.0 Å². The molecule has 0 spiro atoms. The second-order valence-corrected chi connectivity index (χ2v) is 9.97. The highest BCUT2D eigenvalue weighted by atomic mass is 32.2. The molecule has 1 aliphatic heterocycles. The van der Waals surface area contributed by atoms with Gasteiger partial charge in [0, 0.05) is 18.0 Å². The van der Waals surface area contributed by atoms with Gasteiger partial charge in [-0.3, -0.25) is 4.79 Å². The van der Waals surface area contributed by atoms with E-state index in [1.165, 1.54) is 48.3 Å². The minimum atomic E-state index is -3.81. The third-order valence-electron chi connectivity index (χ3n) is 5.10. The molecule has 1 atom stereocenters. The summed E-state index contributed by atoms with van der Waals surface area (Å²) in [7, 11) is -2.44. The molecule has 0 aromatic heterocycles. The number of ether oxygens (including phenoxy) is 2. The van der Waals surface area contributed by atoms with Crippen molar-refractivity contribution >= 4 is 39.3 Å². The quantitative estimate of drug-likeness (QED) is 0.458. The normalized spacial score (nSPS) is 15.2. The molecule has 1 fully saturated rings. The first-order valence-corrected chi connectivity index (χ1v) is 12.8. The van der Waals surface area contributed by atoms with Crippen molar-refractivity contribution in [3.05, 3.63) is 48.0 Å². The zero-order valence-corrected chi connectivity index (χ0v) is 19.8. The van der Waals surface area contributed by atoms with Crippen molar-refractivity contribution in [2.45, 2.75) is 35.7 Å². The molecule has 3 rings (SSSR count). The number of benzene rings is 2. The number of para-hydroxylation sites is 1. The largest absolute Gasteiger partial charge is 0.495 e. The summed E-state index contributed by atoms with van der Waals surface area (Å²) in [6.07, 6.45) is 2.38. The molecule has 8 nitrogen and oxygen atoms in total. The Morgan fingerprint density at radius 2 is 1.81 bits per heavy atom. The molecule has 172 valence electrons. The minimum absolute atomic E-state index is 0.0211. The van der Waals surface area contributed by atoms with E-state index in [0.29, 0.717) is 18.8 Å². The van der Waals surface area contributed by atoms with Crippen molar-refractivity contribution in [1.29, 1.82) is 0 Å². The number of hydrogen-bond acceptors (Lipinski definition) is 7. The first-order valence-electron chi connectivity index (χ1n) is 10.1. The molecule has 1 N–H and O–H groups in total. The van der Waals surface area contributed by atoms with Crippen LogP contribution in [-0.4, -0.2) is 57.2 Å². The summed E-state index contributed by atoms with van der Waals surface area (Å²) in [5.41, 5.74) is 0.643. The Bertz CT molecular complexity index is 1100. The smallest absolute Gasteiger partial charge is 0.338 e. The molecule has 0 saturated carbocycles. The first-order chi connectivity index (χ1) is 15.3. The number of methoxy groups -OCH3 is 1. The fraction of sp³-hybridized carbons (Fsp3) is 0.364. The van der Waals surface area contributed by atoms with Gasteiger partial charge in [-0.25, -0.2) is 13.2 Å². The summed E-state index contributed by atoms with van der Waals surface area (Å²) in [5.74, 6) is -1.14. The summed E-state index contributed by atoms with van der Waals surface area (Å²) in [6.45, 7) is 2.31. The van der Waals surface area contributed by atoms with Crippen LogP contribution in [0.15, 0.2) is 52.3 Å². The molecular formula is C22H26N2O6S2. The van der Waals surface area contributed by atoms with Gasteiger partial charge in [0.15, 0.2) is 6.10 Å². The van der Waals surface area contributed by atoms with E-state index in [0.717, 1.165) is 17.7 Å². The van der Waals surface area contributed by atoms with Crippen molar-refractivity contribution in [2.24, 2.45) is 0 Å². The van der Waals surface area contributed by atoms with Gasteiger partial charge < -0.3 is 14.8 Å². The van der Waals surface area contributed by atoms with Crippen LogP contribution in [0.25, 0.3) is 0 Å². The van der Waals surface area contributed by atoms with Gasteiger partial charge in [-0.2, -0.15) is 4.31 Å². The lowest BCUT2D eigenvalue weighted by molar-refractivity contribution is -0.123. The fourth-order valence-electron chi connectivity index (χ4n) is 3.34. The van der Waals surface area contributed by atoms with Crippen LogP contribution in [0, 0.1) is 0 Å². The van der Waals surface area contributed by atoms with Gasteiger partial charge in [0.1, 0.15) is 10.6 Å². The number of amides is 1. The first kappa shape index (κ1) is 24.1. The SMILES string of the molecule is COc1ccc(C(=O)O[C@@H](C)C(=O)Nc2ccccc2SC)cc1S(=O)(=O)N1CCCC1. The number of carbonyl (C=O) groups is 2. The number of rotatable bonds is 8. The van der Waals surface area contributed by atoms with Gasteiger partial charge in [0.05, 0.1) is 18.4 Å². The van der Waals surface area contributed by atoms with Crippen LogP contribution in [0.3, 0.4) is 0 Å². The number of hydrogen-bond donors (Lipinski definition) is 1. The van der Waals surface area contributed by atoms with Crippen molar-refractivity contribution in [3.8, 4) is 5.75 Å². The zero-order valence-electron chi connectivity index (χ0n) is 18.2. The van der Waals surface area contributed by atoms with Crippen LogP contribution < -0.4 is 10.1 Å². The topological polar surface area (TPSA) is 102 Å². The second-order valence-electron chi connectivity index (χ2n) is 7.21. The van der Waals surface area contributed by atoms with Crippen LogP contribution in [0.4, 0.5) is 5.69 Å². The van der Waals surface area contributed by atoms with Crippen LogP contribution in [-0.2, 0) is 19.6 Å². The summed E-state index contributed by atoms with van der Waals surface area (Å²) in [4.78, 5) is 26.0. The maximum Gasteiger partial charge on any atom is 0.338 e. The molecule has 2 aromatic rings. The van der Waals surface area contributed by atoms with Gasteiger partial charge >= 0.3 is 5.97 Å². The Hall–Kier alpha value is -2.56. The van der Waals surface area contributed by atoms with Crippen molar-refractivity contribution in [1.82, 2.24) is 4.31 Å². The van der Waals surface area contributed by atoms with Crippen LogP contribution in [0.5, 0.6) is 5.75 Å². The van der Waals surface area contributed by atoms with E-state index in [1.807, 2.05) is 18.4 Å². The number of esters is 1. The number of thioether (sulfide) groups is 1. The zero-order chi connectivity index (χ0) is 23.3. The van der Waals surface area contributed by atoms with Crippen LogP contribution in [0.2, 0.25) is 0 Å². The Morgan fingerprint density at radius 1 is 1.12 bits per heavy atom. The summed E-state index contributed by atoms with van der Waals surface area (Å²) < 4.78 is 37.9. The molecule has 1 amide bonds. The highest BCUT2D eigenvalue weighted by Crippen LogP contribution is 2.30. The lowest BCUT2D eigenvalue weighted by Crippen LogP contribution is -2.30. The van der Waals surface area contributed by atoms with Crippen molar-refractivity contribution < 1.29 is 27.5 Å². The molecule has 32 heavy (non-hydrogen) atoms. The van der Waals surface area contributed by atoms with Gasteiger partial charge in [-0.05, 0) is 56.4 Å². The molecule has 1 aliphatic rings. The van der Waals surface area contributed by atoms with E-state index in [9.17, 15) is 18.0 Å². The number of nitrogens with one attached hydrogen (secondary N) is 1. The predicted octanol–water partition coefficient (Wildman–Crippen LogP) is 3.39. The maximum absolute atomic E-state index is 13.0. The molecule has 1 heterocycles. The standard InChI is InChI=1S/C22H26N2O6S2/c1-15(21(25)23-17-8-4-5-9-19(17)31-3)30-22(26)16-10-11-18(29-2)20(14-16)32(27,28)24-12-6-7-13-24/h4-5,8-11,14-15H,6-7,12-13H2,1-3H3,(H,23,25)/t15-/m0/s1. The monoisotopic (exact) mass is 478 g/mol. The number of anilines is 1. The van der Waals surface area contributed by atoms with E-state index in [2.05, 4.69) is 5.32 Å². The molecule has 0 bridgehead atoms. The van der Waals surface area contributed by atoms with E-state index in [-0.39, 0.29) is 16.2 Å². The molecule has 0 unspecified atom stereocenters. The molecular weight excluding hydrogens is 452 g/mol. The third-order valence-corrected chi connectivity index (χ3v) is 7.82. The maximum atomic E-state index is 13.0. The van der Waals surface area contributed by atoms with E-state index < -0.39 is 28.0 Å². The van der Waals surface area contributed by atoms with Gasteiger partial charge in [0.25, 0.3) is 5.91 Å². The van der Waals surface area contributed by atoms with Gasteiger partial charge in [-0.1, -0.05) is 12.1 Å². The van der Waals surface area contributed by atoms with Crippen molar-refractivity contribution in [3.63, 3.8) is 0 Å². The summed E-state index contributed by atoms with van der Waals surface area (Å²) >= 11 is 1.48. The third kappa shape index (κ3) is 5.25. The Morgan fingerprint density at radius 3 is 2.47 bits per heavy atom. The van der Waals surface area contributed by atoms with Crippen molar-refractivity contribution in [2.75, 3.05) is 31.8 Å². The van der Waals surface area contributed by atoms with E-state index >= 15 is 0 Å². The Balaban J connectivity index is 1.76. The average molecular weight is 479 g/mol. The molecule has 10 heteroatoms. The molecule has 0 aliphatic carbocycles. The lowest BCUT2D eigenvalue weighted by Gasteiger charge is -2.19. The molecule has 0 radical (unpaired) electrons. The molecule has 1 saturated heterocycles. The second kappa shape index (κ2) is 10.4. The Labute approximate surface area is 192 Å². The molecule has 2 aromatic carbocycles. The summed E-state index contributed by atoms with van der Waals surface area (Å²) in [6, 6.07) is 11.4. The summed E-state index contributed by atoms with van der Waals surface area (Å²) in [5, 5.41) is 2.75. The fourth-order valence-corrected chi connectivity index (χ4v) is 5.59. The Kier molecular flexibility index (Phi) is 7.81. The average Bonchev–Trinajstić information content (AvgIpc) is 3.35. The predicted molar refractivity (Wildman–Crippen MR) is 123 cm³/mol. The van der Waals surface area contributed by atoms with E-state index in [4.69, 9.17) is 9.47 Å². The van der Waals surface area contributed by atoms with E-state index in [1.54, 1.807) is 12.1 Å². The van der Waals surface area contributed by atoms with Gasteiger partial charge in [-0.15, -0.1) is 11.8 Å². The highest BCUT2D eigenvalue weighted by Gasteiger charge is 2.31. The number of nitrogens with zero attached hydrogens (tertiary/aromatic N) is 1. The van der Waals surface area contributed by atoms with Crippen LogP contribution in [0.1, 0.15) is 30.1 Å². The number of sulfonamides is 1.